The summed E-state index contributed by atoms with van der Waals surface area (Å²) in [5, 5.41) is 0. The molecule has 136 valence electrons. The van der Waals surface area contributed by atoms with Crippen LogP contribution in [0.15, 0.2) is 78.9 Å². The summed E-state index contributed by atoms with van der Waals surface area (Å²) in [5.74, 6) is 0.536. The van der Waals surface area contributed by atoms with Gasteiger partial charge in [-0.25, -0.2) is 0 Å². The van der Waals surface area contributed by atoms with Crippen LogP contribution >= 0.6 is 0 Å². The van der Waals surface area contributed by atoms with Crippen molar-refractivity contribution < 1.29 is 14.3 Å². The largest absolute Gasteiger partial charge is 0.489 e. The maximum atomic E-state index is 11.6. The Morgan fingerprint density at radius 3 is 2.26 bits per heavy atom. The molecule has 3 heteroatoms. The molecule has 0 saturated carbocycles. The van der Waals surface area contributed by atoms with Crippen LogP contribution in [0.25, 0.3) is 12.2 Å². The van der Waals surface area contributed by atoms with Crippen molar-refractivity contribution in [2.24, 2.45) is 0 Å². The van der Waals surface area contributed by atoms with Crippen molar-refractivity contribution in [1.82, 2.24) is 0 Å². The number of methoxy groups -OCH3 is 1. The quantitative estimate of drug-likeness (QED) is 0.433. The van der Waals surface area contributed by atoms with Crippen molar-refractivity contribution in [2.45, 2.75) is 13.0 Å². The maximum absolute atomic E-state index is 11.6. The molecule has 0 aliphatic rings. The molecule has 0 heterocycles. The number of esters is 1. The minimum atomic E-state index is -0.254. The van der Waals surface area contributed by atoms with E-state index in [2.05, 4.69) is 24.3 Å². The van der Waals surface area contributed by atoms with E-state index in [9.17, 15) is 4.79 Å². The Balaban J connectivity index is 1.67. The zero-order valence-corrected chi connectivity index (χ0v) is 15.3. The van der Waals surface area contributed by atoms with Crippen LogP contribution in [0.2, 0.25) is 0 Å². The molecule has 0 amide bonds. The Morgan fingerprint density at radius 1 is 0.815 bits per heavy atom. The number of carbonyl (C=O) groups is 1. The maximum Gasteiger partial charge on any atom is 0.309 e. The molecule has 0 fully saturated rings. The van der Waals surface area contributed by atoms with Crippen LogP contribution in [0, 0.1) is 0 Å². The molecule has 0 radical (unpaired) electrons. The van der Waals surface area contributed by atoms with E-state index >= 15 is 0 Å². The van der Waals surface area contributed by atoms with E-state index in [0.717, 1.165) is 28.0 Å². The van der Waals surface area contributed by atoms with Crippen LogP contribution in [0.5, 0.6) is 5.75 Å². The van der Waals surface area contributed by atoms with Gasteiger partial charge in [-0.3, -0.25) is 4.79 Å². The zero-order valence-electron chi connectivity index (χ0n) is 15.3. The molecule has 0 saturated heterocycles. The average Bonchev–Trinajstić information content (AvgIpc) is 2.72. The monoisotopic (exact) mass is 358 g/mol. The number of hydrogen-bond acceptors (Lipinski definition) is 3. The van der Waals surface area contributed by atoms with E-state index < -0.39 is 0 Å². The highest BCUT2D eigenvalue weighted by Crippen LogP contribution is 2.19. The number of carbonyl (C=O) groups excluding carboxylic acids is 1. The summed E-state index contributed by atoms with van der Waals surface area (Å²) < 4.78 is 10.7. The van der Waals surface area contributed by atoms with Gasteiger partial charge in [-0.15, -0.1) is 0 Å². The number of ether oxygens (including phenoxy) is 2. The highest BCUT2D eigenvalue weighted by molar-refractivity contribution is 5.73. The second-order valence-electron chi connectivity index (χ2n) is 6.13. The third-order valence-electron chi connectivity index (χ3n) is 4.20. The number of hydrogen-bond donors (Lipinski definition) is 0. The number of benzene rings is 3. The Morgan fingerprint density at radius 2 is 1.48 bits per heavy atom. The van der Waals surface area contributed by atoms with E-state index in [1.807, 2.05) is 66.7 Å². The van der Waals surface area contributed by atoms with E-state index in [1.54, 1.807) is 0 Å². The van der Waals surface area contributed by atoms with Crippen LogP contribution < -0.4 is 4.74 Å². The molecule has 27 heavy (non-hydrogen) atoms. The molecule has 3 nitrogen and oxygen atoms in total. The molecule has 0 atom stereocenters. The van der Waals surface area contributed by atoms with Crippen molar-refractivity contribution in [3.63, 3.8) is 0 Å². The van der Waals surface area contributed by atoms with Crippen molar-refractivity contribution in [1.29, 1.82) is 0 Å². The normalized spacial score (nSPS) is 10.7. The van der Waals surface area contributed by atoms with Gasteiger partial charge in [-0.05, 0) is 34.4 Å². The molecule has 3 aromatic carbocycles. The zero-order chi connectivity index (χ0) is 18.9. The third kappa shape index (κ3) is 5.58. The highest BCUT2D eigenvalue weighted by atomic mass is 16.5. The third-order valence-corrected chi connectivity index (χ3v) is 4.20. The van der Waals surface area contributed by atoms with Crippen molar-refractivity contribution in [2.75, 3.05) is 7.11 Å². The van der Waals surface area contributed by atoms with Gasteiger partial charge in [0.25, 0.3) is 0 Å². The van der Waals surface area contributed by atoms with E-state index in [1.165, 1.54) is 7.11 Å². The molecule has 0 aliphatic heterocycles. The van der Waals surface area contributed by atoms with Gasteiger partial charge >= 0.3 is 5.97 Å². The molecule has 0 spiro atoms. The fourth-order valence-corrected chi connectivity index (χ4v) is 2.72. The molecular formula is C24H22O3. The molecule has 3 rings (SSSR count). The summed E-state index contributed by atoms with van der Waals surface area (Å²) in [4.78, 5) is 11.6. The summed E-state index contributed by atoms with van der Waals surface area (Å²) in [6.45, 7) is 0.402. The predicted octanol–water partition coefficient (Wildman–Crippen LogP) is 5.15. The first-order valence-electron chi connectivity index (χ1n) is 8.84. The summed E-state index contributed by atoms with van der Waals surface area (Å²) in [5.41, 5.74) is 4.12. The van der Waals surface area contributed by atoms with Gasteiger partial charge in [-0.2, -0.15) is 0 Å². The van der Waals surface area contributed by atoms with E-state index in [-0.39, 0.29) is 12.4 Å². The Kier molecular flexibility index (Phi) is 6.42. The van der Waals surface area contributed by atoms with Crippen LogP contribution in [-0.2, 0) is 22.6 Å². The molecule has 3 aromatic rings. The second kappa shape index (κ2) is 9.39. The van der Waals surface area contributed by atoms with E-state index in [4.69, 9.17) is 9.47 Å². The smallest absolute Gasteiger partial charge is 0.309 e. The topological polar surface area (TPSA) is 35.5 Å². The Labute approximate surface area is 159 Å². The van der Waals surface area contributed by atoms with Crippen LogP contribution in [0.3, 0.4) is 0 Å². The SMILES string of the molecule is COC(=O)Cc1ccccc1COc1cccc(/C=C/c2ccccc2)c1. The Bertz CT molecular complexity index is 914. The molecular weight excluding hydrogens is 336 g/mol. The lowest BCUT2D eigenvalue weighted by Crippen LogP contribution is -2.08. The van der Waals surface area contributed by atoms with Gasteiger partial charge in [0.2, 0.25) is 0 Å². The first-order chi connectivity index (χ1) is 13.2. The molecule has 0 N–H and O–H groups in total. The molecule has 0 unspecified atom stereocenters. The first kappa shape index (κ1) is 18.5. The lowest BCUT2D eigenvalue weighted by Gasteiger charge is -2.11. The van der Waals surface area contributed by atoms with Gasteiger partial charge in [0.05, 0.1) is 13.5 Å². The van der Waals surface area contributed by atoms with E-state index in [0.29, 0.717) is 6.61 Å². The summed E-state index contributed by atoms with van der Waals surface area (Å²) >= 11 is 0. The lowest BCUT2D eigenvalue weighted by atomic mass is 10.1. The lowest BCUT2D eigenvalue weighted by molar-refractivity contribution is -0.139. The molecule has 0 aliphatic carbocycles. The summed E-state index contributed by atoms with van der Waals surface area (Å²) in [6.07, 6.45) is 4.38. The van der Waals surface area contributed by atoms with Gasteiger partial charge in [0.15, 0.2) is 0 Å². The van der Waals surface area contributed by atoms with Crippen molar-refractivity contribution in [3.05, 3.63) is 101 Å². The minimum Gasteiger partial charge on any atom is -0.489 e. The summed E-state index contributed by atoms with van der Waals surface area (Å²) in [6, 6.07) is 25.9. The van der Waals surface area contributed by atoms with Crippen molar-refractivity contribution >= 4 is 18.1 Å². The first-order valence-corrected chi connectivity index (χ1v) is 8.84. The van der Waals surface area contributed by atoms with Gasteiger partial charge in [-0.1, -0.05) is 78.9 Å². The van der Waals surface area contributed by atoms with Crippen molar-refractivity contribution in [3.8, 4) is 5.75 Å². The fourth-order valence-electron chi connectivity index (χ4n) is 2.72. The van der Waals surface area contributed by atoms with Crippen LogP contribution in [0.1, 0.15) is 22.3 Å². The van der Waals surface area contributed by atoms with Gasteiger partial charge in [0.1, 0.15) is 12.4 Å². The number of rotatable bonds is 7. The van der Waals surface area contributed by atoms with Crippen LogP contribution in [-0.4, -0.2) is 13.1 Å². The molecule has 0 aromatic heterocycles. The fraction of sp³-hybridized carbons (Fsp3) is 0.125. The van der Waals surface area contributed by atoms with Gasteiger partial charge < -0.3 is 9.47 Å². The average molecular weight is 358 g/mol. The minimum absolute atomic E-state index is 0.246. The second-order valence-corrected chi connectivity index (χ2v) is 6.13. The summed E-state index contributed by atoms with van der Waals surface area (Å²) in [7, 11) is 1.40. The predicted molar refractivity (Wildman–Crippen MR) is 108 cm³/mol. The Hall–Kier alpha value is -3.33. The van der Waals surface area contributed by atoms with Crippen LogP contribution in [0.4, 0.5) is 0 Å². The molecule has 0 bridgehead atoms. The highest BCUT2D eigenvalue weighted by Gasteiger charge is 2.08. The van der Waals surface area contributed by atoms with Gasteiger partial charge in [0, 0.05) is 0 Å². The standard InChI is InChI=1S/C24H22O3/c1-26-24(25)17-21-11-5-6-12-22(21)18-27-23-13-7-10-20(16-23)15-14-19-8-3-2-4-9-19/h2-16H,17-18H2,1H3/b15-14+.